The van der Waals surface area contributed by atoms with Gasteiger partial charge < -0.3 is 16.0 Å². The summed E-state index contributed by atoms with van der Waals surface area (Å²) in [6.45, 7) is 1.51. The van der Waals surface area contributed by atoms with Crippen LogP contribution < -0.4 is 20.9 Å². The van der Waals surface area contributed by atoms with Gasteiger partial charge in [0, 0.05) is 7.05 Å². The highest BCUT2D eigenvalue weighted by atomic mass is 15.3. The Morgan fingerprint density at radius 3 is 2.39 bits per heavy atom. The molecule has 12 nitrogen and oxygen atoms in total. The number of hydrogen-bond donors (Lipinski definition) is 3. The molecular formula is C19H12N12. The van der Waals surface area contributed by atoms with Crippen molar-refractivity contribution in [3.05, 3.63) is 0 Å². The number of fused-ring (bicyclic) bond motifs is 3. The number of rotatable bonds is 3. The summed E-state index contributed by atoms with van der Waals surface area (Å²) >= 11 is 0. The van der Waals surface area contributed by atoms with Gasteiger partial charge in [0.05, 0.1) is 35.1 Å². The Labute approximate surface area is 177 Å². The smallest absolute Gasteiger partial charge is 0.202 e. The molecular weight excluding hydrogens is 396 g/mol. The summed E-state index contributed by atoms with van der Waals surface area (Å²) in [5.74, 6) is -0.822. The second-order valence-corrected chi connectivity index (χ2v) is 6.34. The summed E-state index contributed by atoms with van der Waals surface area (Å²) in [5.41, 5.74) is 1.08. The van der Waals surface area contributed by atoms with E-state index in [0.717, 1.165) is 4.90 Å². The molecule has 0 aromatic heterocycles. The molecule has 148 valence electrons. The molecule has 0 amide bonds. The lowest BCUT2D eigenvalue weighted by Crippen LogP contribution is -2.32. The van der Waals surface area contributed by atoms with Crippen LogP contribution in [0.3, 0.4) is 0 Å². The highest BCUT2D eigenvalue weighted by molar-refractivity contribution is 6.18. The first-order valence-electron chi connectivity index (χ1n) is 8.79. The van der Waals surface area contributed by atoms with Crippen molar-refractivity contribution in [2.45, 2.75) is 19.1 Å². The van der Waals surface area contributed by atoms with Crippen molar-refractivity contribution in [3.63, 3.8) is 0 Å². The molecule has 0 fully saturated rings. The van der Waals surface area contributed by atoms with E-state index in [9.17, 15) is 31.6 Å². The standard InChI is InChI=1S/C19H12N12/c1-9(3-20)10(4-21)27-15-14(26-2)17-19(31(8-25)13(7-24)30-17)18-16(15)28-11(5-22)12(6-23)29-18/h9,12-13,26,29-30H,1-2H3. The SMILES string of the molecule is CNc1c(N=C(C#N)C(C)C#N)c2c(c3c1NC(C#N)N3C#N)NC(C#N)C(C#N)=N2. The maximum absolute atomic E-state index is 9.64. The van der Waals surface area contributed by atoms with E-state index in [-0.39, 0.29) is 34.2 Å². The van der Waals surface area contributed by atoms with Gasteiger partial charge in [0.25, 0.3) is 0 Å². The zero-order chi connectivity index (χ0) is 22.7. The molecule has 31 heavy (non-hydrogen) atoms. The summed E-state index contributed by atoms with van der Waals surface area (Å²) in [6, 6.07) is 8.49. The Balaban J connectivity index is 2.47. The number of nitriles is 6. The summed E-state index contributed by atoms with van der Waals surface area (Å²) < 4.78 is 0. The second-order valence-electron chi connectivity index (χ2n) is 6.34. The maximum atomic E-state index is 9.64. The molecule has 3 unspecified atom stereocenters. The van der Waals surface area contributed by atoms with Gasteiger partial charge in [0.15, 0.2) is 17.9 Å². The van der Waals surface area contributed by atoms with Gasteiger partial charge in [0.1, 0.15) is 41.0 Å². The normalized spacial score (nSPS) is 19.2. The number of anilines is 4. The van der Waals surface area contributed by atoms with Gasteiger partial charge in [0.2, 0.25) is 6.17 Å². The Hall–Kier alpha value is -5.30. The molecule has 0 saturated heterocycles. The van der Waals surface area contributed by atoms with E-state index in [1.807, 2.05) is 36.5 Å². The van der Waals surface area contributed by atoms with Crippen LogP contribution in [-0.4, -0.2) is 30.7 Å². The predicted molar refractivity (Wildman–Crippen MR) is 110 cm³/mol. The van der Waals surface area contributed by atoms with Gasteiger partial charge in [-0.05, 0) is 6.92 Å². The molecule has 0 bridgehead atoms. The molecule has 3 rings (SSSR count). The van der Waals surface area contributed by atoms with E-state index in [1.54, 1.807) is 7.05 Å². The molecule has 2 heterocycles. The summed E-state index contributed by atoms with van der Waals surface area (Å²) in [6.07, 6.45) is 0.898. The highest BCUT2D eigenvalue weighted by Gasteiger charge is 2.40. The molecule has 3 atom stereocenters. The van der Waals surface area contributed by atoms with Crippen molar-refractivity contribution in [2.24, 2.45) is 15.9 Å². The molecule has 0 saturated carbocycles. The van der Waals surface area contributed by atoms with Crippen molar-refractivity contribution in [1.82, 2.24) is 0 Å². The molecule has 2 aliphatic rings. The number of hydrogen-bond acceptors (Lipinski definition) is 12. The first-order chi connectivity index (χ1) is 15.0. The zero-order valence-corrected chi connectivity index (χ0v) is 16.3. The fourth-order valence-corrected chi connectivity index (χ4v) is 3.20. The number of nitrogens with zero attached hydrogens (tertiary/aromatic N) is 9. The van der Waals surface area contributed by atoms with Crippen LogP contribution in [-0.2, 0) is 0 Å². The third kappa shape index (κ3) is 3.04. The average molecular weight is 408 g/mol. The Morgan fingerprint density at radius 2 is 1.87 bits per heavy atom. The lowest BCUT2D eigenvalue weighted by molar-refractivity contribution is 0.939. The van der Waals surface area contributed by atoms with E-state index in [1.165, 1.54) is 6.92 Å². The molecule has 2 aliphatic heterocycles. The van der Waals surface area contributed by atoms with Crippen molar-refractivity contribution >= 4 is 45.5 Å². The molecule has 0 aliphatic carbocycles. The number of benzene rings is 1. The first-order valence-corrected chi connectivity index (χ1v) is 8.79. The monoisotopic (exact) mass is 408 g/mol. The predicted octanol–water partition coefficient (Wildman–Crippen LogP) is 1.96. The average Bonchev–Trinajstić information content (AvgIpc) is 3.19. The Bertz CT molecular complexity index is 1280. The largest absolute Gasteiger partial charge is 0.385 e. The van der Waals surface area contributed by atoms with E-state index >= 15 is 0 Å². The van der Waals surface area contributed by atoms with Crippen LogP contribution in [0.2, 0.25) is 0 Å². The van der Waals surface area contributed by atoms with Crippen LogP contribution in [0.5, 0.6) is 0 Å². The number of nitrogens with one attached hydrogen (secondary N) is 3. The second kappa shape index (κ2) is 7.98. The lowest BCUT2D eigenvalue weighted by atomic mass is 10.0. The van der Waals surface area contributed by atoms with Gasteiger partial charge in [-0.1, -0.05) is 0 Å². The molecule has 1 aromatic carbocycles. The summed E-state index contributed by atoms with van der Waals surface area (Å²) in [4.78, 5) is 9.73. The van der Waals surface area contributed by atoms with Crippen molar-refractivity contribution < 1.29 is 0 Å². The van der Waals surface area contributed by atoms with Crippen LogP contribution in [0.1, 0.15) is 6.92 Å². The van der Waals surface area contributed by atoms with E-state index in [2.05, 4.69) is 25.9 Å². The lowest BCUT2D eigenvalue weighted by Gasteiger charge is -2.26. The first kappa shape index (κ1) is 20.4. The van der Waals surface area contributed by atoms with Gasteiger partial charge in [-0.3, -0.25) is 0 Å². The molecule has 0 radical (unpaired) electrons. The minimum absolute atomic E-state index is 0.0933. The van der Waals surface area contributed by atoms with Crippen molar-refractivity contribution in [1.29, 1.82) is 31.6 Å². The zero-order valence-electron chi connectivity index (χ0n) is 16.3. The van der Waals surface area contributed by atoms with Gasteiger partial charge >= 0.3 is 0 Å². The van der Waals surface area contributed by atoms with E-state index < -0.39 is 18.1 Å². The highest BCUT2D eigenvalue weighted by Crippen LogP contribution is 2.57. The third-order valence-electron chi connectivity index (χ3n) is 4.67. The van der Waals surface area contributed by atoms with Gasteiger partial charge in [-0.25, -0.2) is 14.9 Å². The van der Waals surface area contributed by atoms with Crippen LogP contribution in [0.4, 0.5) is 34.1 Å². The fourth-order valence-electron chi connectivity index (χ4n) is 3.20. The Morgan fingerprint density at radius 1 is 1.13 bits per heavy atom. The van der Waals surface area contributed by atoms with Crippen LogP contribution in [0.25, 0.3) is 0 Å². The summed E-state index contributed by atoms with van der Waals surface area (Å²) in [7, 11) is 1.57. The fraction of sp³-hybridized carbons (Fsp3) is 0.263. The van der Waals surface area contributed by atoms with Gasteiger partial charge in [-0.2, -0.15) is 31.6 Å². The van der Waals surface area contributed by atoms with E-state index in [4.69, 9.17) is 0 Å². The minimum Gasteiger partial charge on any atom is -0.385 e. The topological polar surface area (TPSA) is 207 Å². The summed E-state index contributed by atoms with van der Waals surface area (Å²) in [5, 5.41) is 65.4. The van der Waals surface area contributed by atoms with Crippen LogP contribution in [0.15, 0.2) is 9.98 Å². The molecule has 0 spiro atoms. The minimum atomic E-state index is -1.09. The molecule has 12 heteroatoms. The van der Waals surface area contributed by atoms with Crippen molar-refractivity contribution in [2.75, 3.05) is 27.9 Å². The number of aliphatic imine (C=N–C) groups is 2. The maximum Gasteiger partial charge on any atom is 0.202 e. The Kier molecular flexibility index (Phi) is 5.26. The van der Waals surface area contributed by atoms with Crippen LogP contribution in [0, 0.1) is 74.0 Å². The van der Waals surface area contributed by atoms with E-state index in [0.29, 0.717) is 11.4 Å². The quantitative estimate of drug-likeness (QED) is 0.489. The van der Waals surface area contributed by atoms with Crippen LogP contribution >= 0.6 is 0 Å². The van der Waals surface area contributed by atoms with Gasteiger partial charge in [-0.15, -0.1) is 0 Å². The molecule has 1 aromatic rings. The molecule has 3 N–H and O–H groups in total. The third-order valence-corrected chi connectivity index (χ3v) is 4.67. The van der Waals surface area contributed by atoms with Crippen molar-refractivity contribution in [3.8, 4) is 36.5 Å².